The quantitative estimate of drug-likeness (QED) is 0.752. The Kier molecular flexibility index (Phi) is 3.22. The van der Waals surface area contributed by atoms with E-state index in [9.17, 15) is 4.79 Å². The van der Waals surface area contributed by atoms with Crippen LogP contribution < -0.4 is 5.73 Å². The molecule has 1 saturated heterocycles. The van der Waals surface area contributed by atoms with Crippen molar-refractivity contribution in [3.63, 3.8) is 0 Å². The lowest BCUT2D eigenvalue weighted by molar-refractivity contribution is -0.142. The molecule has 0 spiro atoms. The van der Waals surface area contributed by atoms with Crippen molar-refractivity contribution in [1.29, 1.82) is 0 Å². The molecule has 1 saturated carbocycles. The first-order chi connectivity index (χ1) is 7.51. The Morgan fingerprint density at radius 3 is 2.75 bits per heavy atom. The van der Waals surface area contributed by atoms with Gasteiger partial charge in [0.2, 0.25) is 0 Å². The summed E-state index contributed by atoms with van der Waals surface area (Å²) < 4.78 is 0. The summed E-state index contributed by atoms with van der Waals surface area (Å²) in [6.07, 6.45) is 5.86. The molecule has 2 fully saturated rings. The number of hydrogen-bond donors (Lipinski definition) is 2. The molecule has 2 rings (SSSR count). The van der Waals surface area contributed by atoms with Crippen LogP contribution in [0.1, 0.15) is 39.0 Å². The van der Waals surface area contributed by atoms with E-state index in [1.807, 2.05) is 0 Å². The topological polar surface area (TPSA) is 66.6 Å². The summed E-state index contributed by atoms with van der Waals surface area (Å²) in [6.45, 7) is 3.54. The number of nitrogens with two attached hydrogens (primary N) is 1. The summed E-state index contributed by atoms with van der Waals surface area (Å²) in [5.74, 6) is 0.0125. The number of likely N-dealkylation sites (tertiary alicyclic amines) is 1. The van der Waals surface area contributed by atoms with E-state index in [-0.39, 0.29) is 0 Å². The first-order valence-corrected chi connectivity index (χ1v) is 6.27. The third kappa shape index (κ3) is 2.23. The van der Waals surface area contributed by atoms with Crippen molar-refractivity contribution in [2.75, 3.05) is 13.1 Å². The van der Waals surface area contributed by atoms with Crippen LogP contribution in [-0.2, 0) is 4.79 Å². The second-order valence-corrected chi connectivity index (χ2v) is 5.56. The summed E-state index contributed by atoms with van der Waals surface area (Å²) in [6, 6.07) is 0.482. The molecular weight excluding hydrogens is 204 g/mol. The molecule has 4 heteroatoms. The van der Waals surface area contributed by atoms with E-state index in [1.165, 1.54) is 25.7 Å². The highest BCUT2D eigenvalue weighted by Gasteiger charge is 2.42. The van der Waals surface area contributed by atoms with Crippen LogP contribution in [0.25, 0.3) is 0 Å². The van der Waals surface area contributed by atoms with Crippen molar-refractivity contribution >= 4 is 5.97 Å². The fourth-order valence-corrected chi connectivity index (χ4v) is 2.77. The van der Waals surface area contributed by atoms with Crippen molar-refractivity contribution in [3.05, 3.63) is 0 Å². The van der Waals surface area contributed by atoms with Gasteiger partial charge in [-0.2, -0.15) is 0 Å². The van der Waals surface area contributed by atoms with E-state index < -0.39 is 11.5 Å². The van der Waals surface area contributed by atoms with E-state index >= 15 is 0 Å². The summed E-state index contributed by atoms with van der Waals surface area (Å²) in [4.78, 5) is 13.3. The normalized spacial score (nSPS) is 33.6. The zero-order chi connectivity index (χ0) is 11.8. The van der Waals surface area contributed by atoms with Gasteiger partial charge < -0.3 is 10.8 Å². The maximum atomic E-state index is 11.0. The molecule has 0 amide bonds. The van der Waals surface area contributed by atoms with Crippen LogP contribution in [0.4, 0.5) is 0 Å². The predicted octanol–water partition coefficient (Wildman–Crippen LogP) is 1.05. The van der Waals surface area contributed by atoms with E-state index in [4.69, 9.17) is 10.8 Å². The van der Waals surface area contributed by atoms with Crippen molar-refractivity contribution in [1.82, 2.24) is 4.90 Å². The van der Waals surface area contributed by atoms with Crippen molar-refractivity contribution in [2.45, 2.75) is 50.6 Å². The molecule has 2 unspecified atom stereocenters. The smallest absolute Gasteiger partial charge is 0.325 e. The molecule has 2 aliphatic rings. The predicted molar refractivity (Wildman–Crippen MR) is 62.2 cm³/mol. The first-order valence-electron chi connectivity index (χ1n) is 6.27. The van der Waals surface area contributed by atoms with Crippen LogP contribution >= 0.6 is 0 Å². The van der Waals surface area contributed by atoms with Crippen LogP contribution in [0.2, 0.25) is 0 Å². The molecule has 3 N–H and O–H groups in total. The summed E-state index contributed by atoms with van der Waals surface area (Å²) in [7, 11) is 0. The molecule has 1 aliphatic heterocycles. The Bertz CT molecular complexity index is 278. The van der Waals surface area contributed by atoms with E-state index in [0.29, 0.717) is 19.0 Å². The molecule has 1 heterocycles. The van der Waals surface area contributed by atoms with Gasteiger partial charge in [0, 0.05) is 19.1 Å². The summed E-state index contributed by atoms with van der Waals surface area (Å²) >= 11 is 0. The van der Waals surface area contributed by atoms with Crippen LogP contribution in [0.5, 0.6) is 0 Å². The van der Waals surface area contributed by atoms with Gasteiger partial charge in [-0.05, 0) is 25.7 Å². The molecule has 0 aromatic rings. The molecule has 1 aliphatic carbocycles. The van der Waals surface area contributed by atoms with Gasteiger partial charge in [-0.25, -0.2) is 0 Å². The second-order valence-electron chi connectivity index (χ2n) is 5.56. The lowest BCUT2D eigenvalue weighted by Gasteiger charge is -2.33. The van der Waals surface area contributed by atoms with Gasteiger partial charge >= 0.3 is 5.97 Å². The van der Waals surface area contributed by atoms with Crippen LogP contribution in [0.3, 0.4) is 0 Å². The Labute approximate surface area is 96.8 Å². The lowest BCUT2D eigenvalue weighted by atomic mass is 9.81. The molecule has 0 aromatic heterocycles. The second kappa shape index (κ2) is 4.34. The monoisotopic (exact) mass is 226 g/mol. The maximum Gasteiger partial charge on any atom is 0.325 e. The number of carboxylic acid groups (broad SMARTS) is 1. The molecule has 4 nitrogen and oxygen atoms in total. The zero-order valence-corrected chi connectivity index (χ0v) is 9.98. The Morgan fingerprint density at radius 1 is 1.62 bits per heavy atom. The van der Waals surface area contributed by atoms with E-state index in [0.717, 1.165) is 12.5 Å². The minimum atomic E-state index is -1.01. The molecule has 2 atom stereocenters. The average molecular weight is 226 g/mol. The SMILES string of the molecule is CC(CC1CCC1)N1CCC(N)(C(=O)O)C1. The van der Waals surface area contributed by atoms with Crippen LogP contribution in [-0.4, -0.2) is 40.6 Å². The summed E-state index contributed by atoms with van der Waals surface area (Å²) in [5, 5.41) is 9.06. The average Bonchev–Trinajstić information content (AvgIpc) is 2.56. The number of nitrogens with zero attached hydrogens (tertiary/aromatic N) is 1. The third-order valence-electron chi connectivity index (χ3n) is 4.28. The van der Waals surface area contributed by atoms with E-state index in [2.05, 4.69) is 11.8 Å². The highest BCUT2D eigenvalue weighted by atomic mass is 16.4. The molecular formula is C12H22N2O2. The van der Waals surface area contributed by atoms with Gasteiger partial charge in [0.25, 0.3) is 0 Å². The molecule has 16 heavy (non-hydrogen) atoms. The third-order valence-corrected chi connectivity index (χ3v) is 4.28. The van der Waals surface area contributed by atoms with Gasteiger partial charge in [0.1, 0.15) is 5.54 Å². The van der Waals surface area contributed by atoms with Gasteiger partial charge in [-0.15, -0.1) is 0 Å². The largest absolute Gasteiger partial charge is 0.480 e. The Balaban J connectivity index is 1.84. The highest BCUT2D eigenvalue weighted by Crippen LogP contribution is 2.33. The maximum absolute atomic E-state index is 11.0. The van der Waals surface area contributed by atoms with Crippen LogP contribution in [0.15, 0.2) is 0 Å². The number of aliphatic carboxylic acids is 1. The number of carbonyl (C=O) groups is 1. The number of carboxylic acids is 1. The minimum Gasteiger partial charge on any atom is -0.480 e. The van der Waals surface area contributed by atoms with Gasteiger partial charge in [0.05, 0.1) is 0 Å². The molecule has 0 radical (unpaired) electrons. The van der Waals surface area contributed by atoms with Gasteiger partial charge in [-0.1, -0.05) is 19.3 Å². The molecule has 0 bridgehead atoms. The minimum absolute atomic E-state index is 0.482. The highest BCUT2D eigenvalue weighted by molar-refractivity contribution is 5.79. The number of rotatable bonds is 4. The number of hydrogen-bond acceptors (Lipinski definition) is 3. The van der Waals surface area contributed by atoms with Crippen molar-refractivity contribution in [3.8, 4) is 0 Å². The molecule has 92 valence electrons. The van der Waals surface area contributed by atoms with Gasteiger partial charge in [0.15, 0.2) is 0 Å². The zero-order valence-electron chi connectivity index (χ0n) is 9.98. The fourth-order valence-electron chi connectivity index (χ4n) is 2.77. The Hall–Kier alpha value is -0.610. The summed E-state index contributed by atoms with van der Waals surface area (Å²) in [5.41, 5.74) is 4.86. The lowest BCUT2D eigenvalue weighted by Crippen LogP contribution is -2.51. The standard InChI is InChI=1S/C12H22N2O2/c1-9(7-10-3-2-4-10)14-6-5-12(13,8-14)11(15)16/h9-10H,2-8,13H2,1H3,(H,15,16). The Morgan fingerprint density at radius 2 is 2.31 bits per heavy atom. The van der Waals surface area contributed by atoms with Gasteiger partial charge in [-0.3, -0.25) is 9.69 Å². The van der Waals surface area contributed by atoms with Crippen LogP contribution in [0, 0.1) is 5.92 Å². The van der Waals surface area contributed by atoms with E-state index in [1.54, 1.807) is 0 Å². The fraction of sp³-hybridized carbons (Fsp3) is 0.917. The van der Waals surface area contributed by atoms with Crippen molar-refractivity contribution < 1.29 is 9.90 Å². The molecule has 0 aromatic carbocycles. The first kappa shape index (κ1) is 11.9. The van der Waals surface area contributed by atoms with Crippen molar-refractivity contribution in [2.24, 2.45) is 11.7 Å².